The lowest BCUT2D eigenvalue weighted by Gasteiger charge is -2.13. The monoisotopic (exact) mass is 281 g/mol. The van der Waals surface area contributed by atoms with Crippen molar-refractivity contribution in [3.05, 3.63) is 58.1 Å². The van der Waals surface area contributed by atoms with Crippen LogP contribution in [0.4, 0.5) is 11.4 Å². The Bertz CT molecular complexity index is 523. The van der Waals surface area contributed by atoms with Crippen molar-refractivity contribution in [1.82, 2.24) is 0 Å². The molecular weight excluding hydrogens is 269 g/mol. The Hall–Kier alpha value is -1.22. The van der Waals surface area contributed by atoms with Crippen LogP contribution in [0.15, 0.2) is 42.5 Å². The molecule has 0 aromatic heterocycles. The summed E-state index contributed by atoms with van der Waals surface area (Å²) in [7, 11) is 0. The van der Waals surface area contributed by atoms with E-state index in [0.29, 0.717) is 22.2 Å². The van der Waals surface area contributed by atoms with Gasteiger partial charge in [0.2, 0.25) is 0 Å². The molecule has 2 aromatic rings. The summed E-state index contributed by atoms with van der Waals surface area (Å²) < 4.78 is 0. The number of anilines is 2. The molecule has 2 N–H and O–H groups in total. The summed E-state index contributed by atoms with van der Waals surface area (Å²) in [6.07, 6.45) is 0.589. The first-order chi connectivity index (χ1) is 8.72. The van der Waals surface area contributed by atoms with Crippen LogP contribution in [-0.4, -0.2) is 11.7 Å². The van der Waals surface area contributed by atoms with Gasteiger partial charge in [0.25, 0.3) is 0 Å². The summed E-state index contributed by atoms with van der Waals surface area (Å²) in [6.45, 7) is 0.106. The molecule has 0 spiro atoms. The van der Waals surface area contributed by atoms with Crippen molar-refractivity contribution < 1.29 is 5.11 Å². The zero-order chi connectivity index (χ0) is 13.0. The van der Waals surface area contributed by atoms with E-state index in [9.17, 15) is 0 Å². The molecule has 0 atom stereocenters. The maximum absolute atomic E-state index is 9.04. The zero-order valence-corrected chi connectivity index (χ0v) is 11.2. The summed E-state index contributed by atoms with van der Waals surface area (Å²) in [5, 5.41) is 13.4. The van der Waals surface area contributed by atoms with E-state index in [4.69, 9.17) is 28.3 Å². The second-order valence-corrected chi connectivity index (χ2v) is 4.67. The number of para-hydroxylation sites is 2. The van der Waals surface area contributed by atoms with Gasteiger partial charge in [0.15, 0.2) is 0 Å². The predicted molar refractivity (Wildman–Crippen MR) is 77.0 cm³/mol. The number of rotatable bonds is 4. The van der Waals surface area contributed by atoms with Gasteiger partial charge in [-0.1, -0.05) is 47.5 Å². The van der Waals surface area contributed by atoms with Gasteiger partial charge in [-0.3, -0.25) is 0 Å². The fraction of sp³-hybridized carbons (Fsp3) is 0.143. The Kier molecular flexibility index (Phi) is 4.48. The lowest BCUT2D eigenvalue weighted by atomic mass is 10.1. The third-order valence-corrected chi connectivity index (χ3v) is 3.25. The Labute approximate surface area is 116 Å². The van der Waals surface area contributed by atoms with Crippen molar-refractivity contribution in [2.24, 2.45) is 0 Å². The number of aliphatic hydroxyl groups excluding tert-OH is 1. The lowest BCUT2D eigenvalue weighted by molar-refractivity contribution is 0.300. The molecule has 0 saturated heterocycles. The standard InChI is InChI=1S/C14H13Cl2NO/c15-11-5-3-6-12(16)14(11)17-13-7-2-1-4-10(13)8-9-18/h1-7,17-18H,8-9H2. The lowest BCUT2D eigenvalue weighted by Crippen LogP contribution is -1.99. The maximum atomic E-state index is 9.04. The van der Waals surface area contributed by atoms with Crippen LogP contribution < -0.4 is 5.32 Å². The SMILES string of the molecule is OCCc1ccccc1Nc1c(Cl)cccc1Cl. The molecule has 4 heteroatoms. The normalized spacial score (nSPS) is 10.4. The summed E-state index contributed by atoms with van der Waals surface area (Å²) in [4.78, 5) is 0. The van der Waals surface area contributed by atoms with E-state index in [1.54, 1.807) is 18.2 Å². The van der Waals surface area contributed by atoms with Crippen LogP contribution in [0.1, 0.15) is 5.56 Å². The fourth-order valence-electron chi connectivity index (χ4n) is 1.73. The molecule has 2 rings (SSSR count). The highest BCUT2D eigenvalue weighted by molar-refractivity contribution is 6.39. The van der Waals surface area contributed by atoms with Crippen LogP contribution >= 0.6 is 23.2 Å². The molecule has 0 fully saturated rings. The van der Waals surface area contributed by atoms with Gasteiger partial charge >= 0.3 is 0 Å². The first-order valence-electron chi connectivity index (χ1n) is 5.62. The van der Waals surface area contributed by atoms with Gasteiger partial charge < -0.3 is 10.4 Å². The van der Waals surface area contributed by atoms with Gasteiger partial charge in [-0.15, -0.1) is 0 Å². The first-order valence-corrected chi connectivity index (χ1v) is 6.38. The molecule has 0 amide bonds. The van der Waals surface area contributed by atoms with Crippen molar-refractivity contribution in [3.63, 3.8) is 0 Å². The molecule has 0 unspecified atom stereocenters. The van der Waals surface area contributed by atoms with Gasteiger partial charge in [0.05, 0.1) is 15.7 Å². The predicted octanol–water partition coefficient (Wildman–Crippen LogP) is 4.27. The van der Waals surface area contributed by atoms with E-state index in [0.717, 1.165) is 11.3 Å². The van der Waals surface area contributed by atoms with E-state index < -0.39 is 0 Å². The highest BCUT2D eigenvalue weighted by Crippen LogP contribution is 2.33. The quantitative estimate of drug-likeness (QED) is 0.877. The first kappa shape index (κ1) is 13.2. The number of nitrogens with one attached hydrogen (secondary N) is 1. The number of hydrogen-bond acceptors (Lipinski definition) is 2. The largest absolute Gasteiger partial charge is 0.396 e. The van der Waals surface area contributed by atoms with Gasteiger partial charge in [-0.2, -0.15) is 0 Å². The smallest absolute Gasteiger partial charge is 0.0762 e. The molecule has 0 saturated carbocycles. The molecule has 18 heavy (non-hydrogen) atoms. The van der Waals surface area contributed by atoms with Crippen molar-refractivity contribution >= 4 is 34.6 Å². The van der Waals surface area contributed by atoms with Gasteiger partial charge in [-0.05, 0) is 30.2 Å². The van der Waals surface area contributed by atoms with Crippen LogP contribution in [0.2, 0.25) is 10.0 Å². The second-order valence-electron chi connectivity index (χ2n) is 3.85. The third kappa shape index (κ3) is 2.96. The minimum Gasteiger partial charge on any atom is -0.396 e. The molecule has 0 aliphatic heterocycles. The Morgan fingerprint density at radius 3 is 2.28 bits per heavy atom. The highest BCUT2D eigenvalue weighted by Gasteiger charge is 2.07. The zero-order valence-electron chi connectivity index (χ0n) is 9.66. The minimum absolute atomic E-state index is 0.106. The molecule has 0 bridgehead atoms. The maximum Gasteiger partial charge on any atom is 0.0762 e. The van der Waals surface area contributed by atoms with E-state index in [2.05, 4.69) is 5.32 Å². The topological polar surface area (TPSA) is 32.3 Å². The third-order valence-electron chi connectivity index (χ3n) is 2.62. The van der Waals surface area contributed by atoms with Crippen molar-refractivity contribution in [2.75, 3.05) is 11.9 Å². The Morgan fingerprint density at radius 1 is 0.944 bits per heavy atom. The molecule has 0 heterocycles. The van der Waals surface area contributed by atoms with Crippen LogP contribution in [0.3, 0.4) is 0 Å². The van der Waals surface area contributed by atoms with Crippen molar-refractivity contribution in [1.29, 1.82) is 0 Å². The Morgan fingerprint density at radius 2 is 1.61 bits per heavy atom. The molecular formula is C14H13Cl2NO. The van der Waals surface area contributed by atoms with E-state index in [-0.39, 0.29) is 6.61 Å². The van der Waals surface area contributed by atoms with E-state index in [1.165, 1.54) is 0 Å². The fourth-order valence-corrected chi connectivity index (χ4v) is 2.22. The number of benzene rings is 2. The van der Waals surface area contributed by atoms with E-state index >= 15 is 0 Å². The van der Waals surface area contributed by atoms with Crippen LogP contribution in [0.25, 0.3) is 0 Å². The molecule has 0 aliphatic rings. The van der Waals surface area contributed by atoms with Gasteiger partial charge in [-0.25, -0.2) is 0 Å². The van der Waals surface area contributed by atoms with Crippen molar-refractivity contribution in [2.45, 2.75) is 6.42 Å². The average Bonchev–Trinajstić information content (AvgIpc) is 2.36. The molecule has 2 nitrogen and oxygen atoms in total. The van der Waals surface area contributed by atoms with Crippen LogP contribution in [-0.2, 0) is 6.42 Å². The summed E-state index contributed by atoms with van der Waals surface area (Å²) >= 11 is 12.2. The van der Waals surface area contributed by atoms with Gasteiger partial charge in [0.1, 0.15) is 0 Å². The molecule has 94 valence electrons. The van der Waals surface area contributed by atoms with E-state index in [1.807, 2.05) is 24.3 Å². The Balaban J connectivity index is 2.34. The van der Waals surface area contributed by atoms with Crippen LogP contribution in [0.5, 0.6) is 0 Å². The van der Waals surface area contributed by atoms with Crippen molar-refractivity contribution in [3.8, 4) is 0 Å². The second kappa shape index (κ2) is 6.10. The number of aliphatic hydroxyl groups is 1. The number of halogens is 2. The summed E-state index contributed by atoms with van der Waals surface area (Å²) in [5.74, 6) is 0. The average molecular weight is 282 g/mol. The molecule has 0 aliphatic carbocycles. The highest BCUT2D eigenvalue weighted by atomic mass is 35.5. The van der Waals surface area contributed by atoms with Gasteiger partial charge in [0, 0.05) is 12.3 Å². The molecule has 0 radical (unpaired) electrons. The van der Waals surface area contributed by atoms with Crippen LogP contribution in [0, 0.1) is 0 Å². The summed E-state index contributed by atoms with van der Waals surface area (Å²) in [6, 6.07) is 13.1. The number of hydrogen-bond donors (Lipinski definition) is 2. The minimum atomic E-state index is 0.106. The molecule has 2 aromatic carbocycles. The summed E-state index contributed by atoms with van der Waals surface area (Å²) in [5.41, 5.74) is 2.61.